The Morgan fingerprint density at radius 2 is 1.91 bits per heavy atom. The van der Waals surface area contributed by atoms with Crippen LogP contribution in [0.5, 0.6) is 0 Å². The molecule has 1 amide bonds. The highest BCUT2D eigenvalue weighted by Gasteiger charge is 2.15. The van der Waals surface area contributed by atoms with Crippen LogP contribution < -0.4 is 4.90 Å². The molecule has 3 rings (SSSR count). The van der Waals surface area contributed by atoms with Gasteiger partial charge in [0.15, 0.2) is 5.16 Å². The summed E-state index contributed by atoms with van der Waals surface area (Å²) >= 11 is 1.41. The molecule has 0 radical (unpaired) electrons. The third kappa shape index (κ3) is 3.63. The first-order chi connectivity index (χ1) is 11.3. The lowest BCUT2D eigenvalue weighted by Crippen LogP contribution is -2.32. The maximum absolute atomic E-state index is 12.5. The third-order valence-corrected chi connectivity index (χ3v) is 4.24. The van der Waals surface area contributed by atoms with Crippen LogP contribution in [0.15, 0.2) is 72.4 Å². The van der Waals surface area contributed by atoms with E-state index in [2.05, 4.69) is 16.5 Å². The normalized spacial score (nSPS) is 10.6. The number of hydrogen-bond acceptors (Lipinski definition) is 3. The quantitative estimate of drug-likeness (QED) is 0.553. The van der Waals surface area contributed by atoms with Crippen molar-refractivity contribution in [1.82, 2.24) is 9.97 Å². The summed E-state index contributed by atoms with van der Waals surface area (Å²) in [6.45, 7) is 4.23. The van der Waals surface area contributed by atoms with E-state index in [0.717, 1.165) is 21.9 Å². The monoisotopic (exact) mass is 323 g/mol. The summed E-state index contributed by atoms with van der Waals surface area (Å²) in [6.07, 6.45) is 1.73. The number of carbonyl (C=O) groups excluding carboxylic acids is 1. The van der Waals surface area contributed by atoms with Crippen molar-refractivity contribution >= 4 is 34.4 Å². The molecule has 0 saturated carbocycles. The first-order valence-electron chi connectivity index (χ1n) is 7.32. The Balaban J connectivity index is 1.70. The zero-order valence-electron chi connectivity index (χ0n) is 12.6. The molecule has 0 aliphatic carbocycles. The van der Waals surface area contributed by atoms with Gasteiger partial charge in [-0.3, -0.25) is 4.79 Å². The van der Waals surface area contributed by atoms with Crippen molar-refractivity contribution in [3.8, 4) is 0 Å². The number of nitrogens with one attached hydrogen (secondary N) is 1. The number of amides is 1. The molecule has 5 heteroatoms. The third-order valence-electron chi connectivity index (χ3n) is 3.38. The molecule has 0 atom stereocenters. The number of fused-ring (bicyclic) bond motifs is 1. The van der Waals surface area contributed by atoms with E-state index in [0.29, 0.717) is 12.3 Å². The van der Waals surface area contributed by atoms with Gasteiger partial charge in [0.05, 0.1) is 16.8 Å². The molecule has 3 aromatic rings. The number of para-hydroxylation sites is 3. The molecule has 4 nitrogen and oxygen atoms in total. The summed E-state index contributed by atoms with van der Waals surface area (Å²) < 4.78 is 0. The van der Waals surface area contributed by atoms with Crippen LogP contribution in [0.25, 0.3) is 11.0 Å². The number of rotatable bonds is 6. The average molecular weight is 323 g/mol. The summed E-state index contributed by atoms with van der Waals surface area (Å²) in [5, 5.41) is 0.756. The molecule has 0 bridgehead atoms. The number of nitrogens with zero attached hydrogens (tertiary/aromatic N) is 2. The maximum Gasteiger partial charge on any atom is 0.237 e. The van der Waals surface area contributed by atoms with Gasteiger partial charge in [-0.2, -0.15) is 0 Å². The van der Waals surface area contributed by atoms with E-state index >= 15 is 0 Å². The predicted octanol–water partition coefficient (Wildman–Crippen LogP) is 3.87. The molecule has 2 aromatic carbocycles. The number of hydrogen-bond donors (Lipinski definition) is 1. The van der Waals surface area contributed by atoms with Crippen molar-refractivity contribution in [2.45, 2.75) is 5.16 Å². The molecule has 1 aromatic heterocycles. The number of carbonyl (C=O) groups is 1. The molecular weight excluding hydrogens is 306 g/mol. The second-order valence-electron chi connectivity index (χ2n) is 4.98. The van der Waals surface area contributed by atoms with Gasteiger partial charge in [-0.15, -0.1) is 6.58 Å². The van der Waals surface area contributed by atoms with Crippen LogP contribution in [0.1, 0.15) is 0 Å². The summed E-state index contributed by atoms with van der Waals surface area (Å²) in [4.78, 5) is 22.0. The van der Waals surface area contributed by atoms with Crippen LogP contribution >= 0.6 is 11.8 Å². The lowest BCUT2D eigenvalue weighted by Gasteiger charge is -2.20. The van der Waals surface area contributed by atoms with E-state index in [1.54, 1.807) is 11.0 Å². The summed E-state index contributed by atoms with van der Waals surface area (Å²) in [5.74, 6) is 0.351. The van der Waals surface area contributed by atoms with E-state index in [9.17, 15) is 4.79 Å². The lowest BCUT2D eigenvalue weighted by atomic mass is 10.3. The number of anilines is 1. The van der Waals surface area contributed by atoms with Crippen LogP contribution in [0.3, 0.4) is 0 Å². The van der Waals surface area contributed by atoms with Gasteiger partial charge in [-0.05, 0) is 24.3 Å². The Morgan fingerprint density at radius 3 is 2.65 bits per heavy atom. The lowest BCUT2D eigenvalue weighted by molar-refractivity contribution is -0.116. The Bertz CT molecular complexity index is 780. The van der Waals surface area contributed by atoms with E-state index < -0.39 is 0 Å². The molecule has 0 aliphatic rings. The molecule has 1 heterocycles. The second-order valence-corrected chi connectivity index (χ2v) is 5.94. The number of aromatic nitrogens is 2. The van der Waals surface area contributed by atoms with Crippen molar-refractivity contribution in [2.75, 3.05) is 17.2 Å². The topological polar surface area (TPSA) is 49.0 Å². The van der Waals surface area contributed by atoms with Gasteiger partial charge >= 0.3 is 0 Å². The zero-order chi connectivity index (χ0) is 16.1. The fraction of sp³-hybridized carbons (Fsp3) is 0.111. The average Bonchev–Trinajstić information content (AvgIpc) is 3.01. The van der Waals surface area contributed by atoms with Gasteiger partial charge in [0, 0.05) is 12.2 Å². The second kappa shape index (κ2) is 7.15. The molecule has 0 unspecified atom stereocenters. The Kier molecular flexibility index (Phi) is 4.78. The fourth-order valence-electron chi connectivity index (χ4n) is 2.29. The minimum Gasteiger partial charge on any atom is -0.333 e. The van der Waals surface area contributed by atoms with E-state index in [-0.39, 0.29) is 5.91 Å². The SMILES string of the molecule is C=CCN(C(=O)CSc1nc2ccccc2[nH]1)c1ccccc1. The largest absolute Gasteiger partial charge is 0.333 e. The molecule has 0 aliphatic heterocycles. The van der Waals surface area contributed by atoms with Gasteiger partial charge in [0.25, 0.3) is 0 Å². The Hall–Kier alpha value is -2.53. The molecule has 0 saturated heterocycles. The summed E-state index contributed by atoms with van der Waals surface area (Å²) in [6, 6.07) is 17.5. The fourth-order valence-corrected chi connectivity index (χ4v) is 3.06. The highest BCUT2D eigenvalue weighted by molar-refractivity contribution is 7.99. The highest BCUT2D eigenvalue weighted by atomic mass is 32.2. The maximum atomic E-state index is 12.5. The van der Waals surface area contributed by atoms with Gasteiger partial charge in [-0.1, -0.05) is 48.2 Å². The van der Waals surface area contributed by atoms with Gasteiger partial charge < -0.3 is 9.88 Å². The van der Waals surface area contributed by atoms with Crippen LogP contribution in [-0.4, -0.2) is 28.2 Å². The first kappa shape index (κ1) is 15.4. The number of H-pyrrole nitrogens is 1. The molecule has 116 valence electrons. The molecule has 23 heavy (non-hydrogen) atoms. The molecule has 0 spiro atoms. The van der Waals surface area contributed by atoms with Crippen molar-refractivity contribution in [3.63, 3.8) is 0 Å². The number of thioether (sulfide) groups is 1. The number of benzene rings is 2. The van der Waals surface area contributed by atoms with Crippen molar-refractivity contribution in [1.29, 1.82) is 0 Å². The van der Waals surface area contributed by atoms with Crippen LogP contribution in [0, 0.1) is 0 Å². The molecule has 1 N–H and O–H groups in total. The minimum absolute atomic E-state index is 0.0292. The molecular formula is C18H17N3OS. The summed E-state index contributed by atoms with van der Waals surface area (Å²) in [5.41, 5.74) is 2.77. The van der Waals surface area contributed by atoms with Gasteiger partial charge in [0.2, 0.25) is 5.91 Å². The minimum atomic E-state index is 0.0292. The van der Waals surface area contributed by atoms with E-state index in [1.165, 1.54) is 11.8 Å². The standard InChI is InChI=1S/C18H17N3OS/c1-2-12-21(14-8-4-3-5-9-14)17(22)13-23-18-19-15-10-6-7-11-16(15)20-18/h2-11H,1,12-13H2,(H,19,20). The molecule has 0 fully saturated rings. The van der Waals surface area contributed by atoms with Crippen LogP contribution in [0.2, 0.25) is 0 Å². The Labute approximate surface area is 139 Å². The van der Waals surface area contributed by atoms with Crippen molar-refractivity contribution < 1.29 is 4.79 Å². The van der Waals surface area contributed by atoms with Gasteiger partial charge in [0.1, 0.15) is 0 Å². The highest BCUT2D eigenvalue weighted by Crippen LogP contribution is 2.21. The zero-order valence-corrected chi connectivity index (χ0v) is 13.4. The number of aromatic amines is 1. The van der Waals surface area contributed by atoms with E-state index in [4.69, 9.17) is 0 Å². The van der Waals surface area contributed by atoms with Crippen molar-refractivity contribution in [3.05, 3.63) is 67.3 Å². The van der Waals surface area contributed by atoms with Crippen molar-refractivity contribution in [2.24, 2.45) is 0 Å². The van der Waals surface area contributed by atoms with E-state index in [1.807, 2.05) is 54.6 Å². The number of imidazole rings is 1. The summed E-state index contributed by atoms with van der Waals surface area (Å²) in [7, 11) is 0. The smallest absolute Gasteiger partial charge is 0.237 e. The van der Waals surface area contributed by atoms with Gasteiger partial charge in [-0.25, -0.2) is 4.98 Å². The first-order valence-corrected chi connectivity index (χ1v) is 8.30. The predicted molar refractivity (Wildman–Crippen MR) is 95.8 cm³/mol. The van der Waals surface area contributed by atoms with Crippen LogP contribution in [0.4, 0.5) is 5.69 Å². The van der Waals surface area contributed by atoms with Crippen LogP contribution in [-0.2, 0) is 4.79 Å². The Morgan fingerprint density at radius 1 is 1.17 bits per heavy atom.